The summed E-state index contributed by atoms with van der Waals surface area (Å²) in [7, 11) is 0. The highest BCUT2D eigenvalue weighted by Crippen LogP contribution is 2.13. The molecule has 0 spiro atoms. The lowest BCUT2D eigenvalue weighted by molar-refractivity contribution is 0.173. The van der Waals surface area contributed by atoms with Gasteiger partial charge in [0, 0.05) is 18.8 Å². The van der Waals surface area contributed by atoms with Gasteiger partial charge in [-0.2, -0.15) is 0 Å². The highest BCUT2D eigenvalue weighted by atomic mass is 16.3. The third-order valence-corrected chi connectivity index (χ3v) is 2.31. The molecule has 5 nitrogen and oxygen atoms in total. The van der Waals surface area contributed by atoms with Crippen molar-refractivity contribution in [3.05, 3.63) is 29.8 Å². The molecule has 0 aliphatic carbocycles. The molecule has 5 N–H and O–H groups in total. The Hall–Kier alpha value is -1.75. The topological polar surface area (TPSA) is 87.4 Å². The van der Waals surface area contributed by atoms with E-state index < -0.39 is 6.10 Å². The van der Waals surface area contributed by atoms with E-state index in [0.717, 1.165) is 12.0 Å². The Balaban J connectivity index is 2.36. The average molecular weight is 237 g/mol. The van der Waals surface area contributed by atoms with E-state index in [1.807, 2.05) is 6.92 Å². The summed E-state index contributed by atoms with van der Waals surface area (Å²) in [5.74, 6) is 0. The predicted molar refractivity (Wildman–Crippen MR) is 67.5 cm³/mol. The number of carbonyl (C=O) groups is 1. The van der Waals surface area contributed by atoms with E-state index in [0.29, 0.717) is 12.2 Å². The molecule has 1 atom stereocenters. The normalized spacial score (nSPS) is 11.9. The molecular weight excluding hydrogens is 218 g/mol. The number of aliphatic hydroxyl groups is 1. The van der Waals surface area contributed by atoms with Crippen molar-refractivity contribution in [1.82, 2.24) is 10.6 Å². The smallest absolute Gasteiger partial charge is 0.314 e. The van der Waals surface area contributed by atoms with Crippen LogP contribution in [0.2, 0.25) is 0 Å². The number of rotatable bonds is 5. The van der Waals surface area contributed by atoms with Crippen LogP contribution in [-0.2, 0) is 0 Å². The van der Waals surface area contributed by atoms with Gasteiger partial charge in [-0.05, 0) is 24.1 Å². The minimum atomic E-state index is -0.719. The summed E-state index contributed by atoms with van der Waals surface area (Å²) in [5.41, 5.74) is 6.92. The number of nitrogen functional groups attached to an aromatic ring is 1. The molecule has 0 saturated carbocycles. The first-order valence-corrected chi connectivity index (χ1v) is 5.68. The third-order valence-electron chi connectivity index (χ3n) is 2.31. The Labute approximate surface area is 101 Å². The van der Waals surface area contributed by atoms with Gasteiger partial charge >= 0.3 is 6.03 Å². The van der Waals surface area contributed by atoms with Crippen LogP contribution < -0.4 is 16.4 Å². The molecule has 0 aromatic heterocycles. The van der Waals surface area contributed by atoms with Crippen molar-refractivity contribution in [3.63, 3.8) is 0 Å². The van der Waals surface area contributed by atoms with Crippen LogP contribution in [0.1, 0.15) is 25.0 Å². The van der Waals surface area contributed by atoms with Crippen LogP contribution in [0.15, 0.2) is 24.3 Å². The maximum absolute atomic E-state index is 11.2. The number of anilines is 1. The minimum Gasteiger partial charge on any atom is -0.399 e. The first-order valence-electron chi connectivity index (χ1n) is 5.68. The van der Waals surface area contributed by atoms with Crippen molar-refractivity contribution in [3.8, 4) is 0 Å². The number of amides is 2. The van der Waals surface area contributed by atoms with E-state index in [9.17, 15) is 9.90 Å². The summed E-state index contributed by atoms with van der Waals surface area (Å²) >= 11 is 0. The maximum atomic E-state index is 11.2. The lowest BCUT2D eigenvalue weighted by Gasteiger charge is -2.12. The van der Waals surface area contributed by atoms with Crippen LogP contribution in [0.5, 0.6) is 0 Å². The number of nitrogens with two attached hydrogens (primary N) is 1. The highest BCUT2D eigenvalue weighted by molar-refractivity contribution is 5.73. The zero-order chi connectivity index (χ0) is 12.7. The second kappa shape index (κ2) is 6.75. The fraction of sp³-hybridized carbons (Fsp3) is 0.417. The molecule has 2 amide bonds. The van der Waals surface area contributed by atoms with Crippen LogP contribution in [0.25, 0.3) is 0 Å². The SMILES string of the molecule is CCCNC(=O)NCC(O)c1ccc(N)cc1. The molecule has 0 heterocycles. The summed E-state index contributed by atoms with van der Waals surface area (Å²) in [6, 6.07) is 6.66. The molecule has 0 radical (unpaired) electrons. The molecule has 1 aromatic carbocycles. The molecule has 1 unspecified atom stereocenters. The van der Waals surface area contributed by atoms with E-state index in [4.69, 9.17) is 5.73 Å². The minimum absolute atomic E-state index is 0.180. The summed E-state index contributed by atoms with van der Waals surface area (Å²) in [5, 5.41) is 15.1. The van der Waals surface area contributed by atoms with Crippen LogP contribution >= 0.6 is 0 Å². The first-order chi connectivity index (χ1) is 8.13. The summed E-state index contributed by atoms with van der Waals surface area (Å²) in [4.78, 5) is 11.2. The molecular formula is C12H19N3O2. The first kappa shape index (κ1) is 13.3. The number of hydrogen-bond acceptors (Lipinski definition) is 3. The van der Waals surface area contributed by atoms with Crippen molar-refractivity contribution in [2.75, 3.05) is 18.8 Å². The zero-order valence-electron chi connectivity index (χ0n) is 9.94. The van der Waals surface area contributed by atoms with Crippen LogP contribution in [0.3, 0.4) is 0 Å². The monoisotopic (exact) mass is 237 g/mol. The molecule has 1 rings (SSSR count). The predicted octanol–water partition coefficient (Wildman–Crippen LogP) is 1.01. The summed E-state index contributed by atoms with van der Waals surface area (Å²) in [6.45, 7) is 2.78. The van der Waals surface area contributed by atoms with Crippen molar-refractivity contribution >= 4 is 11.7 Å². The van der Waals surface area contributed by atoms with Gasteiger partial charge in [0.15, 0.2) is 0 Å². The number of hydrogen-bond donors (Lipinski definition) is 4. The van der Waals surface area contributed by atoms with Gasteiger partial charge in [0.05, 0.1) is 6.10 Å². The van der Waals surface area contributed by atoms with Gasteiger partial charge in [0.1, 0.15) is 0 Å². The van der Waals surface area contributed by atoms with Gasteiger partial charge in [-0.1, -0.05) is 19.1 Å². The largest absolute Gasteiger partial charge is 0.399 e. The lowest BCUT2D eigenvalue weighted by atomic mass is 10.1. The van der Waals surface area contributed by atoms with Gasteiger partial charge in [-0.3, -0.25) is 0 Å². The van der Waals surface area contributed by atoms with E-state index in [2.05, 4.69) is 10.6 Å². The van der Waals surface area contributed by atoms with Crippen LogP contribution in [0, 0.1) is 0 Å². The van der Waals surface area contributed by atoms with E-state index in [1.165, 1.54) is 0 Å². The van der Waals surface area contributed by atoms with Crippen molar-refractivity contribution < 1.29 is 9.90 Å². The average Bonchev–Trinajstić information content (AvgIpc) is 2.34. The Morgan fingerprint density at radius 3 is 2.59 bits per heavy atom. The summed E-state index contributed by atoms with van der Waals surface area (Å²) < 4.78 is 0. The number of urea groups is 1. The van der Waals surface area contributed by atoms with E-state index in [1.54, 1.807) is 24.3 Å². The molecule has 1 aromatic rings. The van der Waals surface area contributed by atoms with Crippen molar-refractivity contribution in [1.29, 1.82) is 0 Å². The number of carbonyl (C=O) groups excluding carboxylic acids is 1. The van der Waals surface area contributed by atoms with Crippen molar-refractivity contribution in [2.45, 2.75) is 19.4 Å². The second-order valence-corrected chi connectivity index (χ2v) is 3.82. The molecule has 0 aliphatic rings. The van der Waals surface area contributed by atoms with Crippen LogP contribution in [0.4, 0.5) is 10.5 Å². The zero-order valence-corrected chi connectivity index (χ0v) is 9.94. The lowest BCUT2D eigenvalue weighted by Crippen LogP contribution is -2.38. The molecule has 0 bridgehead atoms. The molecule has 17 heavy (non-hydrogen) atoms. The fourth-order valence-corrected chi connectivity index (χ4v) is 1.33. The fourth-order valence-electron chi connectivity index (χ4n) is 1.33. The van der Waals surface area contributed by atoms with Gasteiger partial charge < -0.3 is 21.5 Å². The molecule has 0 fully saturated rings. The third kappa shape index (κ3) is 4.74. The molecule has 94 valence electrons. The van der Waals surface area contributed by atoms with Crippen molar-refractivity contribution in [2.24, 2.45) is 0 Å². The quantitative estimate of drug-likeness (QED) is 0.576. The van der Waals surface area contributed by atoms with Crippen LogP contribution in [-0.4, -0.2) is 24.2 Å². The standard InChI is InChI=1S/C12H19N3O2/c1-2-7-14-12(17)15-8-11(16)9-3-5-10(13)6-4-9/h3-6,11,16H,2,7-8,13H2,1H3,(H2,14,15,17). The Kier molecular flexibility index (Phi) is 5.29. The van der Waals surface area contributed by atoms with Gasteiger partial charge in [-0.25, -0.2) is 4.79 Å². The molecule has 0 saturated heterocycles. The second-order valence-electron chi connectivity index (χ2n) is 3.82. The summed E-state index contributed by atoms with van der Waals surface area (Å²) in [6.07, 6.45) is 0.163. The molecule has 0 aliphatic heterocycles. The highest BCUT2D eigenvalue weighted by Gasteiger charge is 2.08. The Morgan fingerprint density at radius 2 is 2.00 bits per heavy atom. The Bertz CT molecular complexity index is 351. The number of aliphatic hydroxyl groups excluding tert-OH is 1. The van der Waals surface area contributed by atoms with E-state index >= 15 is 0 Å². The molecule has 5 heteroatoms. The van der Waals surface area contributed by atoms with E-state index in [-0.39, 0.29) is 12.6 Å². The van der Waals surface area contributed by atoms with Gasteiger partial charge in [0.25, 0.3) is 0 Å². The van der Waals surface area contributed by atoms with Gasteiger partial charge in [0.2, 0.25) is 0 Å². The van der Waals surface area contributed by atoms with Gasteiger partial charge in [-0.15, -0.1) is 0 Å². The number of benzene rings is 1. The number of nitrogens with one attached hydrogen (secondary N) is 2. The Morgan fingerprint density at radius 1 is 1.35 bits per heavy atom. The maximum Gasteiger partial charge on any atom is 0.314 e.